The first-order chi connectivity index (χ1) is 17.0. The molecule has 4 aromatic rings. The molecule has 3 aromatic carbocycles. The molecule has 2 N–H and O–H groups in total. The molecule has 8 nitrogen and oxygen atoms in total. The maximum atomic E-state index is 12.2. The molecule has 5 rings (SSSR count). The summed E-state index contributed by atoms with van der Waals surface area (Å²) in [6, 6.07) is 22.2. The average molecular weight is 490 g/mol. The van der Waals surface area contributed by atoms with Gasteiger partial charge in [0, 0.05) is 16.1 Å². The third-order valence-electron chi connectivity index (χ3n) is 6.11. The molecule has 1 aromatic heterocycles. The number of nitrogens with one attached hydrogen (secondary N) is 1. The zero-order valence-electron chi connectivity index (χ0n) is 18.4. The summed E-state index contributed by atoms with van der Waals surface area (Å²) in [5.41, 5.74) is 3.75. The van der Waals surface area contributed by atoms with E-state index in [1.54, 1.807) is 24.3 Å². The molecule has 35 heavy (non-hydrogen) atoms. The molecular weight excluding hydrogens is 470 g/mol. The lowest BCUT2D eigenvalue weighted by molar-refractivity contribution is -0.140. The van der Waals surface area contributed by atoms with Gasteiger partial charge in [-0.3, -0.25) is 10.1 Å². The summed E-state index contributed by atoms with van der Waals surface area (Å²) in [5, 5.41) is 20.2. The van der Waals surface area contributed by atoms with Gasteiger partial charge in [-0.15, -0.1) is 0 Å². The van der Waals surface area contributed by atoms with Crippen LogP contribution in [0.2, 0.25) is 5.02 Å². The van der Waals surface area contributed by atoms with Gasteiger partial charge in [0.25, 0.3) is 0 Å². The van der Waals surface area contributed by atoms with Gasteiger partial charge >= 0.3 is 12.1 Å². The zero-order chi connectivity index (χ0) is 24.4. The maximum Gasteiger partial charge on any atom is 0.413 e. The fourth-order valence-corrected chi connectivity index (χ4v) is 4.10. The number of halogens is 1. The van der Waals surface area contributed by atoms with Gasteiger partial charge in [0.2, 0.25) is 5.82 Å². The first-order valence-electron chi connectivity index (χ1n) is 10.9. The van der Waals surface area contributed by atoms with Crippen LogP contribution in [0.15, 0.2) is 77.4 Å². The summed E-state index contributed by atoms with van der Waals surface area (Å²) in [6.45, 7) is 0.00713. The van der Waals surface area contributed by atoms with Gasteiger partial charge in [0.15, 0.2) is 5.69 Å². The van der Waals surface area contributed by atoms with Crippen LogP contribution in [-0.4, -0.2) is 27.5 Å². The molecule has 9 heteroatoms. The van der Waals surface area contributed by atoms with E-state index in [4.69, 9.17) is 21.0 Å². The standard InChI is InChI=1S/C26H20ClN3O5/c27-21-4-2-1-3-19(21)15-34-25(33)28-23-22(29-35-30-23)18-7-5-16(6-8-18)17-9-11-20(12-10-17)26(13-14-26)24(31)32/h1-12H,13-15H2,(H,31,32)(H,28,30,33). The summed E-state index contributed by atoms with van der Waals surface area (Å²) < 4.78 is 10.1. The van der Waals surface area contributed by atoms with E-state index in [0.29, 0.717) is 34.7 Å². The molecule has 1 saturated carbocycles. The molecule has 0 spiro atoms. The van der Waals surface area contributed by atoms with E-state index in [9.17, 15) is 14.7 Å². The van der Waals surface area contributed by atoms with Gasteiger partial charge in [-0.2, -0.15) is 0 Å². The lowest BCUT2D eigenvalue weighted by Gasteiger charge is -2.11. The highest BCUT2D eigenvalue weighted by atomic mass is 35.5. The first-order valence-corrected chi connectivity index (χ1v) is 11.3. The minimum Gasteiger partial charge on any atom is -0.481 e. The second kappa shape index (κ2) is 9.23. The predicted molar refractivity (Wildman–Crippen MR) is 129 cm³/mol. The van der Waals surface area contributed by atoms with Crippen molar-refractivity contribution < 1.29 is 24.1 Å². The largest absolute Gasteiger partial charge is 0.481 e. The van der Waals surface area contributed by atoms with Crippen molar-refractivity contribution in [1.82, 2.24) is 10.3 Å². The molecule has 1 amide bonds. The van der Waals surface area contributed by atoms with E-state index in [-0.39, 0.29) is 12.4 Å². The van der Waals surface area contributed by atoms with E-state index in [1.807, 2.05) is 48.5 Å². The Morgan fingerprint density at radius 3 is 2.20 bits per heavy atom. The minimum atomic E-state index is -0.770. The summed E-state index contributed by atoms with van der Waals surface area (Å²) in [6.07, 6.45) is 0.631. The molecule has 1 aliphatic carbocycles. The zero-order valence-corrected chi connectivity index (χ0v) is 19.2. The van der Waals surface area contributed by atoms with Crippen molar-refractivity contribution in [2.75, 3.05) is 5.32 Å². The quantitative estimate of drug-likeness (QED) is 0.331. The number of aromatic nitrogens is 2. The van der Waals surface area contributed by atoms with E-state index in [1.165, 1.54) is 0 Å². The lowest BCUT2D eigenvalue weighted by atomic mass is 9.93. The van der Waals surface area contributed by atoms with E-state index in [0.717, 1.165) is 16.7 Å². The number of nitrogens with zero attached hydrogens (tertiary/aromatic N) is 2. The highest BCUT2D eigenvalue weighted by Gasteiger charge is 2.51. The molecule has 0 atom stereocenters. The Hall–Kier alpha value is -4.17. The summed E-state index contributed by atoms with van der Waals surface area (Å²) in [4.78, 5) is 23.8. The number of anilines is 1. The summed E-state index contributed by atoms with van der Waals surface area (Å²) >= 11 is 6.08. The van der Waals surface area contributed by atoms with Crippen molar-refractivity contribution in [3.05, 3.63) is 88.9 Å². The van der Waals surface area contributed by atoms with Gasteiger partial charge in [-0.25, -0.2) is 9.42 Å². The molecular formula is C26H20ClN3O5. The Bertz CT molecular complexity index is 1380. The first kappa shape index (κ1) is 22.6. The van der Waals surface area contributed by atoms with Crippen molar-refractivity contribution in [1.29, 1.82) is 0 Å². The minimum absolute atomic E-state index is 0.00713. The highest BCUT2D eigenvalue weighted by Crippen LogP contribution is 2.48. The Balaban J connectivity index is 1.26. The van der Waals surface area contributed by atoms with Gasteiger partial charge in [-0.05, 0) is 45.9 Å². The summed E-state index contributed by atoms with van der Waals surface area (Å²) in [5.74, 6) is -0.636. The van der Waals surface area contributed by atoms with Crippen LogP contribution >= 0.6 is 11.6 Å². The smallest absolute Gasteiger partial charge is 0.413 e. The van der Waals surface area contributed by atoms with Crippen LogP contribution in [0.3, 0.4) is 0 Å². The number of aliphatic carboxylic acids is 1. The molecule has 1 aliphatic rings. The lowest BCUT2D eigenvalue weighted by Crippen LogP contribution is -2.19. The Labute approximate surface area is 205 Å². The fraction of sp³-hybridized carbons (Fsp3) is 0.154. The number of benzene rings is 3. The van der Waals surface area contributed by atoms with Crippen LogP contribution in [0.4, 0.5) is 10.6 Å². The number of carboxylic acid groups (broad SMARTS) is 1. The van der Waals surface area contributed by atoms with Crippen LogP contribution < -0.4 is 5.32 Å². The molecule has 0 radical (unpaired) electrons. The van der Waals surface area contributed by atoms with E-state index < -0.39 is 17.5 Å². The van der Waals surface area contributed by atoms with Crippen LogP contribution in [0.5, 0.6) is 0 Å². The monoisotopic (exact) mass is 489 g/mol. The van der Waals surface area contributed by atoms with Gasteiger partial charge in [0.05, 0.1) is 5.41 Å². The summed E-state index contributed by atoms with van der Waals surface area (Å²) in [7, 11) is 0. The number of rotatable bonds is 7. The molecule has 0 saturated heterocycles. The number of carbonyl (C=O) groups is 2. The molecule has 0 bridgehead atoms. The molecule has 0 unspecified atom stereocenters. The molecule has 0 aliphatic heterocycles. The van der Waals surface area contributed by atoms with Crippen molar-refractivity contribution in [2.45, 2.75) is 24.9 Å². The Kier molecular flexibility index (Phi) is 5.96. The molecule has 1 fully saturated rings. The van der Waals surface area contributed by atoms with Gasteiger partial charge in [-0.1, -0.05) is 78.3 Å². The van der Waals surface area contributed by atoms with Crippen LogP contribution in [0.25, 0.3) is 22.4 Å². The fourth-order valence-electron chi connectivity index (χ4n) is 3.90. The number of ether oxygens (including phenoxy) is 1. The van der Waals surface area contributed by atoms with Crippen molar-refractivity contribution in [2.24, 2.45) is 0 Å². The van der Waals surface area contributed by atoms with Crippen LogP contribution in [0, 0.1) is 0 Å². The highest BCUT2D eigenvalue weighted by molar-refractivity contribution is 6.31. The second-order valence-electron chi connectivity index (χ2n) is 8.30. The van der Waals surface area contributed by atoms with Gasteiger partial charge in [0.1, 0.15) is 6.61 Å². The predicted octanol–water partition coefficient (Wildman–Crippen LogP) is 5.92. The Morgan fingerprint density at radius 1 is 0.943 bits per heavy atom. The van der Waals surface area contributed by atoms with Crippen molar-refractivity contribution in [3.63, 3.8) is 0 Å². The number of amides is 1. The number of carboxylic acids is 1. The normalized spacial score (nSPS) is 13.7. The number of hydrogen-bond acceptors (Lipinski definition) is 6. The average Bonchev–Trinajstić information content (AvgIpc) is 3.57. The van der Waals surface area contributed by atoms with E-state index in [2.05, 4.69) is 15.6 Å². The number of hydrogen-bond donors (Lipinski definition) is 2. The van der Waals surface area contributed by atoms with Crippen LogP contribution in [-0.2, 0) is 21.6 Å². The van der Waals surface area contributed by atoms with Crippen molar-refractivity contribution in [3.8, 4) is 22.4 Å². The van der Waals surface area contributed by atoms with Crippen molar-refractivity contribution >= 4 is 29.5 Å². The molecule has 1 heterocycles. The van der Waals surface area contributed by atoms with Crippen LogP contribution in [0.1, 0.15) is 24.0 Å². The molecule has 176 valence electrons. The Morgan fingerprint density at radius 2 is 1.57 bits per heavy atom. The third kappa shape index (κ3) is 4.61. The SMILES string of the molecule is O=C(Nc1nonc1-c1ccc(-c2ccc(C3(C(=O)O)CC3)cc2)cc1)OCc1ccccc1Cl. The third-order valence-corrected chi connectivity index (χ3v) is 6.48. The second-order valence-corrected chi connectivity index (χ2v) is 8.70. The van der Waals surface area contributed by atoms with E-state index >= 15 is 0 Å². The maximum absolute atomic E-state index is 12.2. The van der Waals surface area contributed by atoms with Gasteiger partial charge < -0.3 is 9.84 Å². The topological polar surface area (TPSA) is 115 Å². The number of carbonyl (C=O) groups excluding carboxylic acids is 1.